The second-order valence-electron chi connectivity index (χ2n) is 6.82. The zero-order valence-electron chi connectivity index (χ0n) is 15.7. The van der Waals surface area contributed by atoms with Gasteiger partial charge in [0.1, 0.15) is 5.82 Å². The molecule has 0 saturated carbocycles. The lowest BCUT2D eigenvalue weighted by Crippen LogP contribution is -2.39. The molecular formula is C21H18ClN5O3. The molecule has 3 aromatic rings. The van der Waals surface area contributed by atoms with Crippen molar-refractivity contribution in [2.75, 3.05) is 10.6 Å². The largest absolute Gasteiger partial charge is 0.351 e. The predicted octanol–water partition coefficient (Wildman–Crippen LogP) is 2.91. The Morgan fingerprint density at radius 2 is 1.93 bits per heavy atom. The second-order valence-corrected chi connectivity index (χ2v) is 7.26. The summed E-state index contributed by atoms with van der Waals surface area (Å²) in [7, 11) is 0. The summed E-state index contributed by atoms with van der Waals surface area (Å²) in [4.78, 5) is 44.6. The second kappa shape index (κ2) is 8.38. The van der Waals surface area contributed by atoms with E-state index in [0.29, 0.717) is 17.3 Å². The van der Waals surface area contributed by atoms with E-state index >= 15 is 0 Å². The summed E-state index contributed by atoms with van der Waals surface area (Å²) < 4.78 is 0. The van der Waals surface area contributed by atoms with Gasteiger partial charge in [0.2, 0.25) is 17.8 Å². The molecule has 0 aliphatic carbocycles. The molecule has 0 bridgehead atoms. The zero-order valence-corrected chi connectivity index (χ0v) is 16.5. The molecule has 0 spiro atoms. The molecule has 1 aliphatic rings. The Bertz CT molecular complexity index is 1160. The van der Waals surface area contributed by atoms with Crippen LogP contribution in [0, 0.1) is 0 Å². The van der Waals surface area contributed by atoms with Gasteiger partial charge in [0, 0.05) is 23.7 Å². The van der Waals surface area contributed by atoms with E-state index in [1.165, 1.54) is 0 Å². The van der Waals surface area contributed by atoms with Crippen LogP contribution in [0.2, 0.25) is 5.02 Å². The number of anilines is 3. The molecule has 1 aliphatic heterocycles. The highest BCUT2D eigenvalue weighted by atomic mass is 35.5. The normalized spacial score (nSPS) is 15.1. The lowest BCUT2D eigenvalue weighted by Gasteiger charge is -2.23. The molecular weight excluding hydrogens is 406 g/mol. The van der Waals surface area contributed by atoms with Crippen LogP contribution in [-0.4, -0.2) is 21.8 Å². The van der Waals surface area contributed by atoms with Gasteiger partial charge in [-0.1, -0.05) is 48.0 Å². The number of amides is 2. The molecule has 2 amide bonds. The Balaban J connectivity index is 1.58. The fourth-order valence-corrected chi connectivity index (χ4v) is 3.46. The highest BCUT2D eigenvalue weighted by molar-refractivity contribution is 6.30. The Morgan fingerprint density at radius 1 is 1.13 bits per heavy atom. The number of aromatic nitrogens is 2. The lowest BCUT2D eigenvalue weighted by molar-refractivity contribution is -0.126. The first-order chi connectivity index (χ1) is 14.5. The molecule has 0 saturated heterocycles. The summed E-state index contributed by atoms with van der Waals surface area (Å²) in [5.41, 5.74) is 1.17. The van der Waals surface area contributed by atoms with Crippen molar-refractivity contribution in [2.24, 2.45) is 0 Å². The number of nitrogens with one attached hydrogen (secondary N) is 4. The zero-order chi connectivity index (χ0) is 21.1. The highest BCUT2D eigenvalue weighted by Crippen LogP contribution is 2.29. The van der Waals surface area contributed by atoms with E-state index in [-0.39, 0.29) is 29.7 Å². The lowest BCUT2D eigenvalue weighted by atomic mass is 9.92. The third kappa shape index (κ3) is 4.33. The van der Waals surface area contributed by atoms with E-state index in [4.69, 9.17) is 11.6 Å². The molecule has 152 valence electrons. The van der Waals surface area contributed by atoms with Crippen molar-refractivity contribution in [2.45, 2.75) is 18.9 Å². The number of benzene rings is 2. The standard InChI is InChI=1S/C21H18ClN5O3/c22-13-7-4-8-14(9-13)24-21-26-18-17(20(30)27-21)15(10-16(28)25-18)19(29)23-11-12-5-2-1-3-6-12/h1-9,15H,10-11H2,(H,23,29)(H3,24,25,26,27,28,30). The number of halogens is 1. The van der Waals surface area contributed by atoms with Crippen LogP contribution in [0.3, 0.4) is 0 Å². The Hall–Kier alpha value is -3.65. The summed E-state index contributed by atoms with van der Waals surface area (Å²) in [6.45, 7) is 0.298. The third-order valence-corrected chi connectivity index (χ3v) is 4.90. The maximum Gasteiger partial charge on any atom is 0.258 e. The van der Waals surface area contributed by atoms with Gasteiger partial charge in [0.25, 0.3) is 5.56 Å². The number of hydrogen-bond donors (Lipinski definition) is 4. The van der Waals surface area contributed by atoms with Crippen LogP contribution in [0.15, 0.2) is 59.4 Å². The maximum atomic E-state index is 12.7. The molecule has 4 N–H and O–H groups in total. The van der Waals surface area contributed by atoms with Gasteiger partial charge in [-0.15, -0.1) is 0 Å². The van der Waals surface area contributed by atoms with Crippen molar-refractivity contribution in [1.82, 2.24) is 15.3 Å². The highest BCUT2D eigenvalue weighted by Gasteiger charge is 2.34. The number of nitrogens with zero attached hydrogens (tertiary/aromatic N) is 1. The molecule has 30 heavy (non-hydrogen) atoms. The molecule has 2 aromatic carbocycles. The minimum atomic E-state index is -0.922. The van der Waals surface area contributed by atoms with Gasteiger partial charge in [-0.25, -0.2) is 0 Å². The Kier molecular flexibility index (Phi) is 5.49. The van der Waals surface area contributed by atoms with E-state index in [1.54, 1.807) is 24.3 Å². The maximum absolute atomic E-state index is 12.7. The third-order valence-electron chi connectivity index (χ3n) is 4.66. The van der Waals surface area contributed by atoms with E-state index in [1.807, 2.05) is 30.3 Å². The first-order valence-corrected chi connectivity index (χ1v) is 9.65. The van der Waals surface area contributed by atoms with Crippen LogP contribution in [0.5, 0.6) is 0 Å². The summed E-state index contributed by atoms with van der Waals surface area (Å²) >= 11 is 5.97. The quantitative estimate of drug-likeness (QED) is 0.503. The van der Waals surface area contributed by atoms with Crippen LogP contribution in [-0.2, 0) is 16.1 Å². The van der Waals surface area contributed by atoms with Gasteiger partial charge in [0.15, 0.2) is 0 Å². The SMILES string of the molecule is O=C1CC(C(=O)NCc2ccccc2)c2c(nc(Nc3cccc(Cl)c3)[nH]c2=O)N1. The average Bonchev–Trinajstić information content (AvgIpc) is 2.72. The molecule has 4 rings (SSSR count). The number of H-pyrrole nitrogens is 1. The first-order valence-electron chi connectivity index (χ1n) is 9.28. The number of carbonyl (C=O) groups is 2. The van der Waals surface area contributed by atoms with E-state index in [2.05, 4.69) is 25.9 Å². The summed E-state index contributed by atoms with van der Waals surface area (Å²) in [6.07, 6.45) is -0.126. The van der Waals surface area contributed by atoms with Gasteiger partial charge >= 0.3 is 0 Å². The summed E-state index contributed by atoms with van der Waals surface area (Å²) in [5, 5.41) is 8.82. The van der Waals surface area contributed by atoms with Gasteiger partial charge in [0.05, 0.1) is 11.5 Å². The van der Waals surface area contributed by atoms with Gasteiger partial charge in [-0.05, 0) is 23.8 Å². The Morgan fingerprint density at radius 3 is 2.70 bits per heavy atom. The van der Waals surface area contributed by atoms with Crippen LogP contribution in [0.25, 0.3) is 0 Å². The number of aromatic amines is 1. The molecule has 0 radical (unpaired) electrons. The summed E-state index contributed by atoms with van der Waals surface area (Å²) in [5.74, 6) is -1.51. The van der Waals surface area contributed by atoms with Crippen molar-refractivity contribution >= 4 is 40.9 Å². The number of rotatable bonds is 5. The molecule has 9 heteroatoms. The van der Waals surface area contributed by atoms with Crippen LogP contribution >= 0.6 is 11.6 Å². The monoisotopic (exact) mass is 423 g/mol. The first kappa shape index (κ1) is 19.7. The fourth-order valence-electron chi connectivity index (χ4n) is 3.27. The molecule has 1 unspecified atom stereocenters. The fraction of sp³-hybridized carbons (Fsp3) is 0.143. The van der Waals surface area contributed by atoms with Crippen LogP contribution in [0.1, 0.15) is 23.5 Å². The minimum absolute atomic E-state index is 0.0689. The minimum Gasteiger partial charge on any atom is -0.351 e. The molecule has 8 nitrogen and oxygen atoms in total. The predicted molar refractivity (Wildman–Crippen MR) is 114 cm³/mol. The molecule has 1 atom stereocenters. The van der Waals surface area contributed by atoms with Crippen LogP contribution in [0.4, 0.5) is 17.5 Å². The van der Waals surface area contributed by atoms with Gasteiger partial charge in [-0.2, -0.15) is 4.98 Å². The van der Waals surface area contributed by atoms with Crippen LogP contribution < -0.4 is 21.5 Å². The van der Waals surface area contributed by atoms with Gasteiger partial charge in [-0.3, -0.25) is 19.4 Å². The smallest absolute Gasteiger partial charge is 0.258 e. The van der Waals surface area contributed by atoms with Crippen molar-refractivity contribution in [3.05, 3.63) is 81.1 Å². The van der Waals surface area contributed by atoms with Crippen molar-refractivity contribution < 1.29 is 9.59 Å². The topological polar surface area (TPSA) is 116 Å². The number of hydrogen-bond acceptors (Lipinski definition) is 5. The van der Waals surface area contributed by atoms with E-state index < -0.39 is 17.4 Å². The Labute approximate surface area is 176 Å². The number of carbonyl (C=O) groups excluding carboxylic acids is 2. The van der Waals surface area contributed by atoms with Crippen molar-refractivity contribution in [3.8, 4) is 0 Å². The molecule has 1 aromatic heterocycles. The van der Waals surface area contributed by atoms with Crippen molar-refractivity contribution in [1.29, 1.82) is 0 Å². The molecule has 0 fully saturated rings. The number of fused-ring (bicyclic) bond motifs is 1. The molecule has 2 heterocycles. The van der Waals surface area contributed by atoms with Gasteiger partial charge < -0.3 is 16.0 Å². The summed E-state index contributed by atoms with van der Waals surface area (Å²) in [6, 6.07) is 16.3. The average molecular weight is 424 g/mol. The van der Waals surface area contributed by atoms with E-state index in [0.717, 1.165) is 5.56 Å². The van der Waals surface area contributed by atoms with Crippen molar-refractivity contribution in [3.63, 3.8) is 0 Å². The van der Waals surface area contributed by atoms with E-state index in [9.17, 15) is 14.4 Å².